The Hall–Kier alpha value is -2.37. The van der Waals surface area contributed by atoms with E-state index in [1.807, 2.05) is 65.0 Å². The molecule has 150 valence electrons. The molecule has 0 heterocycles. The monoisotopic (exact) mass is 376 g/mol. The maximum Gasteiger partial charge on any atom is 0.314 e. The Morgan fingerprint density at radius 2 is 1.74 bits per heavy atom. The summed E-state index contributed by atoms with van der Waals surface area (Å²) >= 11 is 0. The largest absolute Gasteiger partial charge is 0.455 e. The van der Waals surface area contributed by atoms with Gasteiger partial charge in [0.05, 0.1) is 12.5 Å². The Labute approximate surface area is 162 Å². The number of nitrogens with zero attached hydrogens (tertiary/aromatic N) is 1. The first-order valence-electron chi connectivity index (χ1n) is 9.31. The van der Waals surface area contributed by atoms with Crippen LogP contribution < -0.4 is 5.32 Å². The van der Waals surface area contributed by atoms with Gasteiger partial charge in [0.25, 0.3) is 5.91 Å². The zero-order valence-corrected chi connectivity index (χ0v) is 17.2. The summed E-state index contributed by atoms with van der Waals surface area (Å²) in [6, 6.07) is 9.44. The number of rotatable bonds is 8. The number of esters is 1. The smallest absolute Gasteiger partial charge is 0.314 e. The molecule has 0 fully saturated rings. The minimum absolute atomic E-state index is 0.0822. The van der Waals surface area contributed by atoms with E-state index in [1.165, 1.54) is 11.9 Å². The van der Waals surface area contributed by atoms with Gasteiger partial charge < -0.3 is 15.0 Å². The van der Waals surface area contributed by atoms with Crippen molar-refractivity contribution in [3.05, 3.63) is 35.9 Å². The molecule has 0 aliphatic carbocycles. The Balaban J connectivity index is 2.64. The zero-order chi connectivity index (χ0) is 20.6. The van der Waals surface area contributed by atoms with Crippen LogP contribution in [0.15, 0.2) is 30.3 Å². The van der Waals surface area contributed by atoms with Crippen LogP contribution in [0.1, 0.15) is 52.5 Å². The van der Waals surface area contributed by atoms with Crippen molar-refractivity contribution in [3.8, 4) is 0 Å². The Morgan fingerprint density at radius 3 is 2.26 bits per heavy atom. The van der Waals surface area contributed by atoms with Crippen LogP contribution in [0.5, 0.6) is 0 Å². The van der Waals surface area contributed by atoms with Crippen LogP contribution >= 0.6 is 0 Å². The summed E-state index contributed by atoms with van der Waals surface area (Å²) in [5.41, 5.74) is 0.509. The normalized spacial score (nSPS) is 13.4. The lowest BCUT2D eigenvalue weighted by Crippen LogP contribution is -2.47. The molecule has 0 spiro atoms. The second-order valence-corrected chi connectivity index (χ2v) is 7.93. The first kappa shape index (κ1) is 22.7. The fraction of sp³-hybridized carbons (Fsp3) is 0.571. The van der Waals surface area contributed by atoms with Crippen LogP contribution in [0.3, 0.4) is 0 Å². The minimum Gasteiger partial charge on any atom is -0.455 e. The molecule has 0 aromatic heterocycles. The molecular weight excluding hydrogens is 344 g/mol. The quantitative estimate of drug-likeness (QED) is 0.708. The molecule has 27 heavy (non-hydrogen) atoms. The van der Waals surface area contributed by atoms with Crippen molar-refractivity contribution in [2.75, 3.05) is 20.2 Å². The highest BCUT2D eigenvalue weighted by atomic mass is 16.5. The Morgan fingerprint density at radius 1 is 1.15 bits per heavy atom. The van der Waals surface area contributed by atoms with Crippen molar-refractivity contribution in [1.29, 1.82) is 0 Å². The molecule has 1 rings (SSSR count). The molecule has 0 saturated carbocycles. The maximum atomic E-state index is 12.6. The van der Waals surface area contributed by atoms with Crippen molar-refractivity contribution in [2.45, 2.75) is 52.5 Å². The van der Waals surface area contributed by atoms with Crippen LogP contribution in [0, 0.1) is 5.92 Å². The average Bonchev–Trinajstić information content (AvgIpc) is 2.58. The third-order valence-electron chi connectivity index (χ3n) is 4.28. The molecular formula is C21H32N2O4. The lowest BCUT2D eigenvalue weighted by molar-refractivity contribution is -0.154. The molecule has 1 aromatic carbocycles. The number of likely N-dealkylation sites (N-methyl/N-ethyl adjacent to an activating group) is 1. The second kappa shape index (κ2) is 10.1. The van der Waals surface area contributed by atoms with Gasteiger partial charge in [-0.25, -0.2) is 0 Å². The molecule has 1 aromatic rings. The molecule has 2 atom stereocenters. The third kappa shape index (κ3) is 7.81. The first-order valence-corrected chi connectivity index (χ1v) is 9.31. The van der Waals surface area contributed by atoms with Gasteiger partial charge in [-0.15, -0.1) is 0 Å². The highest BCUT2D eigenvalue weighted by Gasteiger charge is 2.28. The number of amides is 2. The molecule has 0 aliphatic rings. The van der Waals surface area contributed by atoms with Gasteiger partial charge in [-0.3, -0.25) is 14.4 Å². The molecule has 2 unspecified atom stereocenters. The summed E-state index contributed by atoms with van der Waals surface area (Å²) in [5.74, 6) is -1.42. The predicted molar refractivity (Wildman–Crippen MR) is 105 cm³/mol. The third-order valence-corrected chi connectivity index (χ3v) is 4.28. The van der Waals surface area contributed by atoms with Crippen molar-refractivity contribution >= 4 is 17.8 Å². The van der Waals surface area contributed by atoms with Gasteiger partial charge in [0.1, 0.15) is 0 Å². The van der Waals surface area contributed by atoms with Gasteiger partial charge in [0.15, 0.2) is 6.61 Å². The molecule has 0 radical (unpaired) electrons. The fourth-order valence-electron chi connectivity index (χ4n) is 2.69. The number of ether oxygens (including phenoxy) is 1. The molecule has 2 amide bonds. The fourth-order valence-corrected chi connectivity index (χ4v) is 2.69. The number of carbonyl (C=O) groups is 3. The van der Waals surface area contributed by atoms with E-state index in [9.17, 15) is 14.4 Å². The van der Waals surface area contributed by atoms with E-state index in [0.29, 0.717) is 0 Å². The lowest BCUT2D eigenvalue weighted by atomic mass is 9.86. The standard InChI is InChI=1S/C21H32N2O4/c1-7-15(2)19(16-11-9-8-10-12-16)20(26)27-14-18(25)23(6)13-17(24)22-21(3,4)5/h8-12,15,19H,7,13-14H2,1-6H3,(H,22,24). The van der Waals surface area contributed by atoms with E-state index < -0.39 is 17.8 Å². The Bertz CT molecular complexity index is 637. The molecule has 0 saturated heterocycles. The topological polar surface area (TPSA) is 75.7 Å². The molecule has 0 bridgehead atoms. The second-order valence-electron chi connectivity index (χ2n) is 7.93. The lowest BCUT2D eigenvalue weighted by Gasteiger charge is -2.24. The summed E-state index contributed by atoms with van der Waals surface area (Å²) in [6.45, 7) is 9.15. The van der Waals surface area contributed by atoms with Crippen molar-refractivity contribution in [3.63, 3.8) is 0 Å². The summed E-state index contributed by atoms with van der Waals surface area (Å²) in [5, 5.41) is 2.79. The maximum absolute atomic E-state index is 12.6. The number of carbonyl (C=O) groups excluding carboxylic acids is 3. The van der Waals surface area contributed by atoms with Gasteiger partial charge in [-0.1, -0.05) is 50.6 Å². The number of benzene rings is 1. The zero-order valence-electron chi connectivity index (χ0n) is 17.2. The van der Waals surface area contributed by atoms with Gasteiger partial charge in [0, 0.05) is 12.6 Å². The van der Waals surface area contributed by atoms with Gasteiger partial charge in [0.2, 0.25) is 5.91 Å². The van der Waals surface area contributed by atoms with E-state index in [2.05, 4.69) is 5.32 Å². The van der Waals surface area contributed by atoms with Crippen LogP contribution in [0.4, 0.5) is 0 Å². The molecule has 6 heteroatoms. The average molecular weight is 376 g/mol. The summed E-state index contributed by atoms with van der Waals surface area (Å²) < 4.78 is 5.29. The summed E-state index contributed by atoms with van der Waals surface area (Å²) in [6.07, 6.45) is 0.815. The Kier molecular flexibility index (Phi) is 8.47. The van der Waals surface area contributed by atoms with Gasteiger partial charge >= 0.3 is 5.97 Å². The van der Waals surface area contributed by atoms with Crippen LogP contribution in [-0.2, 0) is 19.1 Å². The summed E-state index contributed by atoms with van der Waals surface area (Å²) in [4.78, 5) is 38.0. The highest BCUT2D eigenvalue weighted by molar-refractivity contribution is 5.87. The summed E-state index contributed by atoms with van der Waals surface area (Å²) in [7, 11) is 1.52. The molecule has 6 nitrogen and oxygen atoms in total. The number of nitrogens with one attached hydrogen (secondary N) is 1. The van der Waals surface area contributed by atoms with Crippen LogP contribution in [-0.4, -0.2) is 48.4 Å². The number of hydrogen-bond donors (Lipinski definition) is 1. The van der Waals surface area contributed by atoms with Crippen LogP contribution in [0.25, 0.3) is 0 Å². The van der Waals surface area contributed by atoms with Gasteiger partial charge in [-0.05, 0) is 32.3 Å². The predicted octanol–water partition coefficient (Wildman–Crippen LogP) is 2.73. The highest BCUT2D eigenvalue weighted by Crippen LogP contribution is 2.28. The first-order chi connectivity index (χ1) is 12.5. The van der Waals surface area contributed by atoms with E-state index in [1.54, 1.807) is 0 Å². The van der Waals surface area contributed by atoms with Crippen molar-refractivity contribution in [1.82, 2.24) is 10.2 Å². The van der Waals surface area contributed by atoms with E-state index >= 15 is 0 Å². The van der Waals surface area contributed by atoms with Crippen LogP contribution in [0.2, 0.25) is 0 Å². The molecule has 0 aliphatic heterocycles. The number of hydrogen-bond acceptors (Lipinski definition) is 4. The van der Waals surface area contributed by atoms with E-state index in [4.69, 9.17) is 4.74 Å². The van der Waals surface area contributed by atoms with E-state index in [-0.39, 0.29) is 30.5 Å². The molecule has 1 N–H and O–H groups in total. The van der Waals surface area contributed by atoms with Crippen molar-refractivity contribution < 1.29 is 19.1 Å². The minimum atomic E-state index is -0.420. The van der Waals surface area contributed by atoms with Gasteiger partial charge in [-0.2, -0.15) is 0 Å². The SMILES string of the molecule is CCC(C)C(C(=O)OCC(=O)N(C)CC(=O)NC(C)(C)C)c1ccccc1. The van der Waals surface area contributed by atoms with E-state index in [0.717, 1.165) is 12.0 Å². The van der Waals surface area contributed by atoms with Crippen molar-refractivity contribution in [2.24, 2.45) is 5.92 Å².